The molecule has 1 aromatic heterocycles. The molecule has 0 amide bonds. The molecule has 0 fully saturated rings. The maximum absolute atomic E-state index is 12.2. The summed E-state index contributed by atoms with van der Waals surface area (Å²) in [5, 5.41) is 8.05. The van der Waals surface area contributed by atoms with E-state index in [0.29, 0.717) is 22.6 Å². The number of ether oxygens (including phenoxy) is 1. The number of carbonyl (C=O) groups is 1. The maximum Gasteiger partial charge on any atom is 0.360 e. The van der Waals surface area contributed by atoms with Gasteiger partial charge in [0.05, 0.1) is 7.11 Å². The normalized spacial score (nSPS) is 11.2. The van der Waals surface area contributed by atoms with Crippen molar-refractivity contribution in [2.45, 2.75) is 0 Å². The van der Waals surface area contributed by atoms with Gasteiger partial charge in [-0.3, -0.25) is 0 Å². The molecule has 0 spiro atoms. The zero-order valence-corrected chi connectivity index (χ0v) is 17.1. The number of carbonyl (C=O) groups excluding carboxylic acids is 1. The third-order valence-corrected chi connectivity index (χ3v) is 4.81. The van der Waals surface area contributed by atoms with Crippen LogP contribution in [0.2, 0.25) is 0 Å². The van der Waals surface area contributed by atoms with Crippen LogP contribution in [-0.4, -0.2) is 31.1 Å². The van der Waals surface area contributed by atoms with Crippen LogP contribution in [-0.2, 0) is 14.4 Å². The Morgan fingerprint density at radius 2 is 1.48 bits per heavy atom. The number of aromatic nitrogens is 1. The summed E-state index contributed by atoms with van der Waals surface area (Å²) >= 11 is 0. The average molecular weight is 412 g/mol. The maximum atomic E-state index is 12.2. The van der Waals surface area contributed by atoms with Gasteiger partial charge in [0.25, 0.3) is 0 Å². The molecule has 3 aromatic carbocycles. The van der Waals surface area contributed by atoms with Crippen molar-refractivity contribution < 1.29 is 18.9 Å². The van der Waals surface area contributed by atoms with Crippen LogP contribution >= 0.6 is 0 Å². The molecule has 0 aliphatic heterocycles. The average Bonchev–Trinajstić information content (AvgIpc) is 3.33. The molecule has 0 aliphatic carbocycles. The van der Waals surface area contributed by atoms with Crippen LogP contribution in [0.1, 0.15) is 5.56 Å². The lowest BCUT2D eigenvalue weighted by atomic mass is 9.99. The molecule has 0 aliphatic rings. The molecule has 4 rings (SSSR count). The molecule has 0 N–H and O–H groups in total. The Labute approximate surface area is 179 Å². The van der Waals surface area contributed by atoms with Crippen LogP contribution in [0.15, 0.2) is 94.6 Å². The molecule has 31 heavy (non-hydrogen) atoms. The van der Waals surface area contributed by atoms with E-state index in [4.69, 9.17) is 14.1 Å². The number of benzene rings is 3. The lowest BCUT2D eigenvalue weighted by molar-refractivity contribution is -0.132. The van der Waals surface area contributed by atoms with Crippen LogP contribution in [0.5, 0.6) is 0 Å². The van der Waals surface area contributed by atoms with Gasteiger partial charge in [-0.25, -0.2) is 4.79 Å². The van der Waals surface area contributed by atoms with Crippen LogP contribution in [0.25, 0.3) is 33.7 Å². The second-order valence-corrected chi connectivity index (χ2v) is 6.68. The molecule has 0 atom stereocenters. The summed E-state index contributed by atoms with van der Waals surface area (Å²) in [7, 11) is 2.67. The van der Waals surface area contributed by atoms with Gasteiger partial charge >= 0.3 is 5.97 Å². The van der Waals surface area contributed by atoms with E-state index in [0.717, 1.165) is 16.7 Å². The van der Waals surface area contributed by atoms with E-state index in [1.54, 1.807) is 12.1 Å². The van der Waals surface area contributed by atoms with Crippen molar-refractivity contribution in [3.05, 3.63) is 90.5 Å². The highest BCUT2D eigenvalue weighted by atomic mass is 16.6. The lowest BCUT2D eigenvalue weighted by Crippen LogP contribution is -2.18. The van der Waals surface area contributed by atoms with E-state index in [2.05, 4.69) is 22.4 Å². The highest BCUT2D eigenvalue weighted by Crippen LogP contribution is 2.30. The fraction of sp³-hybridized carbons (Fsp3) is 0.0800. The van der Waals surface area contributed by atoms with E-state index in [1.807, 2.05) is 60.7 Å². The van der Waals surface area contributed by atoms with Crippen molar-refractivity contribution in [1.82, 2.24) is 5.16 Å². The smallest absolute Gasteiger partial charge is 0.360 e. The number of methoxy groups -OCH3 is 1. The van der Waals surface area contributed by atoms with Gasteiger partial charge in [0, 0.05) is 22.8 Å². The van der Waals surface area contributed by atoms with Crippen LogP contribution in [0.3, 0.4) is 0 Å². The van der Waals surface area contributed by atoms with Gasteiger partial charge in [-0.1, -0.05) is 89.2 Å². The quantitative estimate of drug-likeness (QED) is 0.247. The van der Waals surface area contributed by atoms with E-state index < -0.39 is 5.97 Å². The van der Waals surface area contributed by atoms with Gasteiger partial charge in [0.1, 0.15) is 12.8 Å². The Hall–Kier alpha value is -4.19. The van der Waals surface area contributed by atoms with Gasteiger partial charge in [-0.2, -0.15) is 0 Å². The van der Waals surface area contributed by atoms with Gasteiger partial charge in [0.15, 0.2) is 11.5 Å². The number of rotatable bonds is 6. The molecule has 6 nitrogen and oxygen atoms in total. The molecule has 0 saturated heterocycles. The Morgan fingerprint density at radius 1 is 0.839 bits per heavy atom. The first-order valence-corrected chi connectivity index (χ1v) is 9.63. The summed E-state index contributed by atoms with van der Waals surface area (Å²) in [5.74, 6) is 0.0160. The number of esters is 1. The van der Waals surface area contributed by atoms with E-state index in [1.165, 1.54) is 14.2 Å². The molecule has 1 heterocycles. The van der Waals surface area contributed by atoms with Crippen molar-refractivity contribution in [2.24, 2.45) is 5.16 Å². The van der Waals surface area contributed by atoms with E-state index in [9.17, 15) is 4.79 Å². The Kier molecular flexibility index (Phi) is 5.89. The minimum Gasteiger partial charge on any atom is -0.464 e. The first-order valence-electron chi connectivity index (χ1n) is 9.63. The molecule has 0 unspecified atom stereocenters. The van der Waals surface area contributed by atoms with E-state index >= 15 is 0 Å². The predicted octanol–water partition coefficient (Wildman–Crippen LogP) is 5.20. The molecule has 0 bridgehead atoms. The molecule has 4 aromatic rings. The Balaban J connectivity index is 1.67. The van der Waals surface area contributed by atoms with Crippen LogP contribution in [0, 0.1) is 0 Å². The largest absolute Gasteiger partial charge is 0.464 e. The third-order valence-electron chi connectivity index (χ3n) is 4.81. The number of hydrogen-bond donors (Lipinski definition) is 0. The molecule has 0 radical (unpaired) electrons. The van der Waals surface area contributed by atoms with Gasteiger partial charge in [-0.05, 0) is 11.1 Å². The highest BCUT2D eigenvalue weighted by molar-refractivity contribution is 6.44. The molecule has 154 valence electrons. The summed E-state index contributed by atoms with van der Waals surface area (Å²) in [6.45, 7) is 0. The second-order valence-electron chi connectivity index (χ2n) is 6.68. The summed E-state index contributed by atoms with van der Waals surface area (Å²) in [4.78, 5) is 17.0. The topological polar surface area (TPSA) is 73.9 Å². The Bertz CT molecular complexity index is 1210. The van der Waals surface area contributed by atoms with Crippen LogP contribution < -0.4 is 0 Å². The van der Waals surface area contributed by atoms with Crippen molar-refractivity contribution in [2.75, 3.05) is 14.2 Å². The molecule has 6 heteroatoms. The predicted molar refractivity (Wildman–Crippen MR) is 118 cm³/mol. The standard InChI is InChI=1S/C25H20N2O4/c1-29-25(28)24(27-30-2)21-11-7-6-10-20(21)22-16-23(31-26-22)19-14-12-18(13-15-19)17-8-4-3-5-9-17/h3-16H,1-2H3/b27-24-. The lowest BCUT2D eigenvalue weighted by Gasteiger charge is -2.08. The number of nitrogens with zero attached hydrogens (tertiary/aromatic N) is 2. The summed E-state index contributed by atoms with van der Waals surface area (Å²) in [5.41, 5.74) is 5.01. The summed E-state index contributed by atoms with van der Waals surface area (Å²) in [6.07, 6.45) is 0. The fourth-order valence-electron chi connectivity index (χ4n) is 3.29. The van der Waals surface area contributed by atoms with Crippen molar-refractivity contribution in [3.63, 3.8) is 0 Å². The second kappa shape index (κ2) is 9.09. The first kappa shape index (κ1) is 20.1. The summed E-state index contributed by atoms with van der Waals surface area (Å²) in [6, 6.07) is 27.3. The molecular formula is C25H20N2O4. The van der Waals surface area contributed by atoms with Crippen molar-refractivity contribution in [3.8, 4) is 33.7 Å². The van der Waals surface area contributed by atoms with Crippen molar-refractivity contribution >= 4 is 11.7 Å². The monoisotopic (exact) mass is 412 g/mol. The van der Waals surface area contributed by atoms with Crippen LogP contribution in [0.4, 0.5) is 0 Å². The minimum absolute atomic E-state index is 0.0531. The van der Waals surface area contributed by atoms with E-state index in [-0.39, 0.29) is 5.71 Å². The van der Waals surface area contributed by atoms with Gasteiger partial charge in [0.2, 0.25) is 0 Å². The molecule has 0 saturated carbocycles. The fourth-order valence-corrected chi connectivity index (χ4v) is 3.29. The summed E-state index contributed by atoms with van der Waals surface area (Å²) < 4.78 is 10.4. The number of hydrogen-bond acceptors (Lipinski definition) is 6. The first-order chi connectivity index (χ1) is 15.2. The van der Waals surface area contributed by atoms with Crippen molar-refractivity contribution in [1.29, 1.82) is 0 Å². The number of oxime groups is 1. The zero-order valence-electron chi connectivity index (χ0n) is 17.1. The zero-order chi connectivity index (χ0) is 21.6. The SMILES string of the molecule is CO/N=C(\C(=O)OC)c1ccccc1-c1cc(-c2ccc(-c3ccccc3)cc2)on1. The van der Waals surface area contributed by atoms with Gasteiger partial charge in [-0.15, -0.1) is 0 Å². The highest BCUT2D eigenvalue weighted by Gasteiger charge is 2.21. The molecular weight excluding hydrogens is 392 g/mol. The van der Waals surface area contributed by atoms with Gasteiger partial charge < -0.3 is 14.1 Å². The third kappa shape index (κ3) is 4.23. The Morgan fingerprint density at radius 3 is 2.19 bits per heavy atom. The minimum atomic E-state index is -0.602.